The predicted octanol–water partition coefficient (Wildman–Crippen LogP) is 2.22. The van der Waals surface area contributed by atoms with Crippen molar-refractivity contribution >= 4 is 23.5 Å². The number of imide groups is 1. The van der Waals surface area contributed by atoms with Crippen molar-refractivity contribution in [3.63, 3.8) is 0 Å². The molecule has 0 radical (unpaired) electrons. The van der Waals surface area contributed by atoms with Crippen LogP contribution >= 0.6 is 0 Å². The van der Waals surface area contributed by atoms with E-state index in [1.807, 2.05) is 6.92 Å². The second-order valence-corrected chi connectivity index (χ2v) is 6.51. The van der Waals surface area contributed by atoms with E-state index in [0.29, 0.717) is 30.9 Å². The number of aryl methyl sites for hydroxylation is 1. The van der Waals surface area contributed by atoms with Crippen LogP contribution in [0.2, 0.25) is 0 Å². The summed E-state index contributed by atoms with van der Waals surface area (Å²) in [5.41, 5.74) is 3.35. The number of carbonyl (C=O) groups excluding carboxylic acids is 3. The van der Waals surface area contributed by atoms with Gasteiger partial charge in [-0.05, 0) is 42.9 Å². The highest BCUT2D eigenvalue weighted by Gasteiger charge is 2.28. The van der Waals surface area contributed by atoms with Crippen LogP contribution in [0.25, 0.3) is 0 Å². The van der Waals surface area contributed by atoms with Gasteiger partial charge in [-0.3, -0.25) is 14.5 Å². The molecule has 0 saturated carbocycles. The van der Waals surface area contributed by atoms with E-state index in [2.05, 4.69) is 18.3 Å². The van der Waals surface area contributed by atoms with Gasteiger partial charge in [0.25, 0.3) is 5.91 Å². The highest BCUT2D eigenvalue weighted by atomic mass is 16.5. The summed E-state index contributed by atoms with van der Waals surface area (Å²) < 4.78 is 5.18. The molecule has 128 valence electrons. The zero-order valence-electron chi connectivity index (χ0n) is 14.1. The Hall–Kier alpha value is -2.37. The summed E-state index contributed by atoms with van der Waals surface area (Å²) in [4.78, 5) is 37.2. The molecule has 3 rings (SSSR count). The Morgan fingerprint density at radius 2 is 2.17 bits per heavy atom. The zero-order chi connectivity index (χ0) is 17.3. The number of nitrogens with zero attached hydrogens (tertiary/aromatic N) is 1. The number of ether oxygens (including phenoxy) is 1. The minimum Gasteiger partial charge on any atom is -0.452 e. The molecular weight excluding hydrogens is 308 g/mol. The molecule has 0 aliphatic carbocycles. The summed E-state index contributed by atoms with van der Waals surface area (Å²) >= 11 is 0. The fourth-order valence-electron chi connectivity index (χ4n) is 3.33. The maximum atomic E-state index is 12.5. The lowest BCUT2D eigenvalue weighted by Crippen LogP contribution is -2.35. The molecule has 1 N–H and O–H groups in total. The smallest absolute Gasteiger partial charge is 0.340 e. The first-order valence-corrected chi connectivity index (χ1v) is 8.36. The quantitative estimate of drug-likeness (QED) is 0.860. The van der Waals surface area contributed by atoms with Crippen molar-refractivity contribution < 1.29 is 19.1 Å². The Bertz CT molecular complexity index is 699. The maximum absolute atomic E-state index is 12.5. The second-order valence-electron chi connectivity index (χ2n) is 6.51. The van der Waals surface area contributed by atoms with Crippen molar-refractivity contribution in [2.24, 2.45) is 0 Å². The Balaban J connectivity index is 1.73. The number of anilines is 1. The number of likely N-dealkylation sites (tertiary alicyclic amines) is 1. The summed E-state index contributed by atoms with van der Waals surface area (Å²) in [5.74, 6) is -0.804. The summed E-state index contributed by atoms with van der Waals surface area (Å²) in [6.45, 7) is 4.89. The number of nitrogens with one attached hydrogen (secondary N) is 1. The molecule has 2 aliphatic heterocycles. The Labute approximate surface area is 141 Å². The highest BCUT2D eigenvalue weighted by Crippen LogP contribution is 2.35. The molecular formula is C18H22N2O4. The van der Waals surface area contributed by atoms with Crippen LogP contribution in [-0.4, -0.2) is 42.4 Å². The molecule has 2 aliphatic rings. The van der Waals surface area contributed by atoms with Crippen molar-refractivity contribution in [1.82, 2.24) is 4.90 Å². The normalized spacial score (nSPS) is 19.7. The second kappa shape index (κ2) is 6.63. The van der Waals surface area contributed by atoms with Crippen LogP contribution in [0.15, 0.2) is 12.1 Å². The summed E-state index contributed by atoms with van der Waals surface area (Å²) in [5, 5.41) is 3.27. The van der Waals surface area contributed by atoms with Gasteiger partial charge in [-0.25, -0.2) is 4.79 Å². The monoisotopic (exact) mass is 330 g/mol. The van der Waals surface area contributed by atoms with Crippen LogP contribution in [0, 0.1) is 6.92 Å². The van der Waals surface area contributed by atoms with Gasteiger partial charge in [-0.15, -0.1) is 0 Å². The van der Waals surface area contributed by atoms with E-state index in [4.69, 9.17) is 4.74 Å². The maximum Gasteiger partial charge on any atom is 0.340 e. The summed E-state index contributed by atoms with van der Waals surface area (Å²) in [6.07, 6.45) is 2.07. The van der Waals surface area contributed by atoms with Gasteiger partial charge < -0.3 is 10.1 Å². The van der Waals surface area contributed by atoms with Gasteiger partial charge in [0.15, 0.2) is 6.61 Å². The minimum absolute atomic E-state index is 0.195. The fourth-order valence-corrected chi connectivity index (χ4v) is 3.33. The number of benzene rings is 1. The number of fused-ring (bicyclic) bond motifs is 1. The summed E-state index contributed by atoms with van der Waals surface area (Å²) in [7, 11) is 0. The van der Waals surface area contributed by atoms with Crippen molar-refractivity contribution in [2.75, 3.05) is 25.0 Å². The van der Waals surface area contributed by atoms with Gasteiger partial charge >= 0.3 is 5.97 Å². The lowest BCUT2D eigenvalue weighted by atomic mass is 9.89. The molecule has 1 fully saturated rings. The molecule has 0 aromatic heterocycles. The topological polar surface area (TPSA) is 75.7 Å². The van der Waals surface area contributed by atoms with Gasteiger partial charge in [0.2, 0.25) is 5.91 Å². The van der Waals surface area contributed by atoms with Crippen molar-refractivity contribution in [2.45, 2.75) is 39.0 Å². The van der Waals surface area contributed by atoms with Crippen LogP contribution < -0.4 is 5.32 Å². The molecule has 1 aromatic rings. The molecule has 24 heavy (non-hydrogen) atoms. The molecule has 6 nitrogen and oxygen atoms in total. The van der Waals surface area contributed by atoms with Crippen molar-refractivity contribution in [1.29, 1.82) is 0 Å². The Kier molecular flexibility index (Phi) is 4.55. The van der Waals surface area contributed by atoms with Gasteiger partial charge in [0, 0.05) is 19.5 Å². The van der Waals surface area contributed by atoms with Crippen LogP contribution in [0.1, 0.15) is 53.6 Å². The molecule has 2 heterocycles. The first-order valence-electron chi connectivity index (χ1n) is 8.36. The Morgan fingerprint density at radius 3 is 2.88 bits per heavy atom. The molecule has 0 spiro atoms. The van der Waals surface area contributed by atoms with Crippen LogP contribution in [0.3, 0.4) is 0 Å². The lowest BCUT2D eigenvalue weighted by molar-refractivity contribution is -0.143. The van der Waals surface area contributed by atoms with Crippen molar-refractivity contribution in [3.05, 3.63) is 28.8 Å². The molecule has 1 atom stereocenters. The molecule has 1 saturated heterocycles. The third kappa shape index (κ3) is 3.13. The fraction of sp³-hybridized carbons (Fsp3) is 0.500. The van der Waals surface area contributed by atoms with Gasteiger partial charge in [0.1, 0.15) is 0 Å². The number of hydrogen-bond acceptors (Lipinski definition) is 5. The van der Waals surface area contributed by atoms with E-state index in [9.17, 15) is 14.4 Å². The number of hydrogen-bond donors (Lipinski definition) is 1. The van der Waals surface area contributed by atoms with Crippen LogP contribution in [-0.2, 0) is 14.3 Å². The lowest BCUT2D eigenvalue weighted by Gasteiger charge is -2.26. The van der Waals surface area contributed by atoms with Crippen LogP contribution in [0.4, 0.5) is 5.69 Å². The Morgan fingerprint density at radius 1 is 1.38 bits per heavy atom. The SMILES string of the molecule is Cc1cc(C(=O)OCC(=O)N2CCCC2=O)c2c(c1)[C@H](C)CCN2. The number of esters is 1. The third-order valence-corrected chi connectivity index (χ3v) is 4.64. The summed E-state index contributed by atoms with van der Waals surface area (Å²) in [6, 6.07) is 3.86. The van der Waals surface area contributed by atoms with Crippen LogP contribution in [0.5, 0.6) is 0 Å². The highest BCUT2D eigenvalue weighted by molar-refractivity contribution is 6.00. The average Bonchev–Trinajstić information content (AvgIpc) is 2.98. The zero-order valence-corrected chi connectivity index (χ0v) is 14.1. The molecule has 2 amide bonds. The molecule has 0 unspecified atom stereocenters. The predicted molar refractivity (Wildman–Crippen MR) is 88.9 cm³/mol. The van der Waals surface area contributed by atoms with E-state index < -0.39 is 18.5 Å². The van der Waals surface area contributed by atoms with Gasteiger partial charge in [-0.2, -0.15) is 0 Å². The first kappa shape index (κ1) is 16.5. The number of amides is 2. The minimum atomic E-state index is -0.531. The largest absolute Gasteiger partial charge is 0.452 e. The van der Waals surface area contributed by atoms with E-state index >= 15 is 0 Å². The molecule has 6 heteroatoms. The van der Waals surface area contributed by atoms with E-state index in [1.165, 1.54) is 4.90 Å². The molecule has 0 bridgehead atoms. The average molecular weight is 330 g/mol. The standard InChI is InChI=1S/C18H22N2O4/c1-11-8-13-12(2)5-6-19-17(13)14(9-11)18(23)24-10-16(22)20-7-3-4-15(20)21/h8-9,12,19H,3-7,10H2,1-2H3/t12-/m1/s1. The van der Waals surface area contributed by atoms with E-state index in [1.54, 1.807) is 6.07 Å². The number of carbonyl (C=O) groups is 3. The first-order chi connectivity index (χ1) is 11.5. The molecule has 1 aromatic carbocycles. The van der Waals surface area contributed by atoms with E-state index in [0.717, 1.165) is 29.8 Å². The van der Waals surface area contributed by atoms with E-state index in [-0.39, 0.29) is 5.91 Å². The van der Waals surface area contributed by atoms with Gasteiger partial charge in [0.05, 0.1) is 11.3 Å². The third-order valence-electron chi connectivity index (χ3n) is 4.64. The van der Waals surface area contributed by atoms with Crippen molar-refractivity contribution in [3.8, 4) is 0 Å². The number of rotatable bonds is 3. The van der Waals surface area contributed by atoms with Gasteiger partial charge in [-0.1, -0.05) is 13.0 Å².